The van der Waals surface area contributed by atoms with E-state index in [4.69, 9.17) is 23.7 Å². The van der Waals surface area contributed by atoms with Crippen LogP contribution in [-0.2, 0) is 33.3 Å². The minimum absolute atomic E-state index is 0.0898. The molecule has 0 saturated carbocycles. The molecule has 1 aromatic carbocycles. The number of esters is 1. The van der Waals surface area contributed by atoms with Crippen LogP contribution in [0.25, 0.3) is 0 Å². The molecule has 2 saturated heterocycles. The first-order valence-corrected chi connectivity index (χ1v) is 11.0. The third-order valence-corrected chi connectivity index (χ3v) is 6.26. The Morgan fingerprint density at radius 2 is 1.85 bits per heavy atom. The Balaban J connectivity index is 1.78. The van der Waals surface area contributed by atoms with Gasteiger partial charge in [-0.15, -0.1) is 0 Å². The van der Waals surface area contributed by atoms with Crippen LogP contribution >= 0.6 is 0 Å². The summed E-state index contributed by atoms with van der Waals surface area (Å²) in [6.45, 7) is 1.24. The maximum absolute atomic E-state index is 13.1. The van der Waals surface area contributed by atoms with Crippen molar-refractivity contribution in [3.63, 3.8) is 0 Å². The van der Waals surface area contributed by atoms with Crippen molar-refractivity contribution in [1.29, 1.82) is 0 Å². The average molecular weight is 465 g/mol. The first-order valence-electron chi connectivity index (χ1n) is 11.0. The average Bonchev–Trinajstić information content (AvgIpc) is 3.36. The smallest absolute Gasteiger partial charge is 0.311 e. The number of methoxy groups -OCH3 is 3. The highest BCUT2D eigenvalue weighted by Crippen LogP contribution is 2.28. The lowest BCUT2D eigenvalue weighted by Crippen LogP contribution is -2.53. The maximum atomic E-state index is 13.1. The van der Waals surface area contributed by atoms with E-state index in [2.05, 4.69) is 10.6 Å². The lowest BCUT2D eigenvalue weighted by Gasteiger charge is -2.35. The Hall–Kier alpha value is -2.69. The van der Waals surface area contributed by atoms with Gasteiger partial charge in [0.2, 0.25) is 0 Å². The molecule has 2 heterocycles. The van der Waals surface area contributed by atoms with Gasteiger partial charge in [-0.3, -0.25) is 14.4 Å². The number of para-hydroxylation sites is 1. The Kier molecular flexibility index (Phi) is 8.65. The van der Waals surface area contributed by atoms with Gasteiger partial charge < -0.3 is 34.3 Å². The normalized spacial score (nSPS) is 22.8. The lowest BCUT2D eigenvalue weighted by atomic mass is 9.92. The minimum Gasteiger partial charge on any atom is -0.496 e. The van der Waals surface area contributed by atoms with Crippen molar-refractivity contribution >= 4 is 17.8 Å². The molecule has 0 radical (unpaired) electrons. The summed E-state index contributed by atoms with van der Waals surface area (Å²) in [7, 11) is 4.32. The van der Waals surface area contributed by atoms with Gasteiger partial charge in [0, 0.05) is 51.9 Å². The molecule has 2 fully saturated rings. The molecule has 2 aliphatic heterocycles. The molecule has 2 aliphatic rings. The minimum atomic E-state index is -0.974. The molecule has 3 rings (SSSR count). The maximum Gasteiger partial charge on any atom is 0.311 e. The Morgan fingerprint density at radius 1 is 1.12 bits per heavy atom. The lowest BCUT2D eigenvalue weighted by molar-refractivity contribution is -0.155. The zero-order valence-electron chi connectivity index (χ0n) is 19.3. The predicted octanol–water partition coefficient (Wildman–Crippen LogP) is 0.742. The highest BCUT2D eigenvalue weighted by Gasteiger charge is 2.42. The van der Waals surface area contributed by atoms with Gasteiger partial charge in [-0.25, -0.2) is 0 Å². The van der Waals surface area contributed by atoms with Gasteiger partial charge in [-0.2, -0.15) is 0 Å². The number of hydrogen-bond acceptors (Lipinski definition) is 8. The van der Waals surface area contributed by atoms with E-state index in [9.17, 15) is 14.4 Å². The van der Waals surface area contributed by atoms with Gasteiger partial charge in [0.05, 0.1) is 26.2 Å². The van der Waals surface area contributed by atoms with Crippen molar-refractivity contribution in [2.75, 3.05) is 47.7 Å². The van der Waals surface area contributed by atoms with Gasteiger partial charge in [0.25, 0.3) is 11.8 Å². The summed E-state index contributed by atoms with van der Waals surface area (Å²) in [4.78, 5) is 38.2. The SMILES string of the molecule is COC(=O)C1CCOC1C(=O)NC(CNC(=O)C1(OC)CCOCC1)c1ccccc1OC. The van der Waals surface area contributed by atoms with Crippen LogP contribution in [0.5, 0.6) is 5.75 Å². The molecule has 10 nitrogen and oxygen atoms in total. The molecular weight excluding hydrogens is 432 g/mol. The fraction of sp³-hybridized carbons (Fsp3) is 0.609. The molecule has 2 N–H and O–H groups in total. The van der Waals surface area contributed by atoms with Crippen LogP contribution in [-0.4, -0.2) is 77.2 Å². The molecule has 0 bridgehead atoms. The van der Waals surface area contributed by atoms with E-state index < -0.39 is 35.5 Å². The molecule has 2 amide bonds. The van der Waals surface area contributed by atoms with Crippen molar-refractivity contribution in [3.05, 3.63) is 29.8 Å². The topological polar surface area (TPSA) is 121 Å². The monoisotopic (exact) mass is 464 g/mol. The molecule has 0 spiro atoms. The van der Waals surface area contributed by atoms with E-state index >= 15 is 0 Å². The van der Waals surface area contributed by atoms with E-state index in [1.807, 2.05) is 18.2 Å². The Labute approximate surface area is 193 Å². The van der Waals surface area contributed by atoms with Crippen molar-refractivity contribution < 1.29 is 38.1 Å². The number of hydrogen-bond donors (Lipinski definition) is 2. The van der Waals surface area contributed by atoms with Gasteiger partial charge in [-0.1, -0.05) is 18.2 Å². The van der Waals surface area contributed by atoms with Crippen molar-refractivity contribution in [2.45, 2.75) is 37.0 Å². The third-order valence-electron chi connectivity index (χ3n) is 6.26. The van der Waals surface area contributed by atoms with Crippen molar-refractivity contribution in [1.82, 2.24) is 10.6 Å². The summed E-state index contributed by atoms with van der Waals surface area (Å²) < 4.78 is 26.7. The molecule has 0 aromatic heterocycles. The molecular formula is C23H32N2O8. The number of ether oxygens (including phenoxy) is 5. The van der Waals surface area contributed by atoms with Crippen LogP contribution in [0.1, 0.15) is 30.9 Å². The number of carbonyl (C=O) groups is 3. The molecule has 1 aromatic rings. The first-order chi connectivity index (χ1) is 16.0. The van der Waals surface area contributed by atoms with Crippen LogP contribution in [0.15, 0.2) is 24.3 Å². The molecule has 10 heteroatoms. The van der Waals surface area contributed by atoms with E-state index in [1.54, 1.807) is 6.07 Å². The highest BCUT2D eigenvalue weighted by molar-refractivity contribution is 5.88. The summed E-state index contributed by atoms with van der Waals surface area (Å²) in [6, 6.07) is 6.58. The first kappa shape index (κ1) is 24.9. The molecule has 33 heavy (non-hydrogen) atoms. The van der Waals surface area contributed by atoms with Crippen LogP contribution in [0.3, 0.4) is 0 Å². The van der Waals surface area contributed by atoms with Crippen LogP contribution in [0, 0.1) is 5.92 Å². The molecule has 0 aliphatic carbocycles. The van der Waals surface area contributed by atoms with Gasteiger partial charge in [-0.05, 0) is 12.5 Å². The Morgan fingerprint density at radius 3 is 2.52 bits per heavy atom. The Bertz CT molecular complexity index is 840. The second-order valence-corrected chi connectivity index (χ2v) is 8.03. The molecule has 182 valence electrons. The summed E-state index contributed by atoms with van der Waals surface area (Å²) in [5.41, 5.74) is -0.294. The number of nitrogens with one attached hydrogen (secondary N) is 2. The van der Waals surface area contributed by atoms with E-state index in [0.717, 1.165) is 0 Å². The third kappa shape index (κ3) is 5.63. The quantitative estimate of drug-likeness (QED) is 0.514. The van der Waals surface area contributed by atoms with Crippen LogP contribution in [0.4, 0.5) is 0 Å². The standard InChI is InChI=1S/C23H32N2O8/c1-29-18-7-5-4-6-15(18)17(14-24-22(28)23(31-3)9-12-32-13-10-23)25-20(26)19-16(8-11-33-19)21(27)30-2/h4-7,16-17,19H,8-14H2,1-3H3,(H,24,28)(H,25,26). The van der Waals surface area contributed by atoms with Crippen molar-refractivity contribution in [3.8, 4) is 5.75 Å². The highest BCUT2D eigenvalue weighted by atomic mass is 16.5. The summed E-state index contributed by atoms with van der Waals surface area (Å²) in [5, 5.41) is 5.83. The molecule has 3 unspecified atom stereocenters. The number of carbonyl (C=O) groups excluding carboxylic acids is 3. The second kappa shape index (κ2) is 11.4. The zero-order valence-corrected chi connectivity index (χ0v) is 19.3. The molecule has 3 atom stereocenters. The fourth-order valence-electron chi connectivity index (χ4n) is 4.27. The summed E-state index contributed by atoms with van der Waals surface area (Å²) >= 11 is 0. The van der Waals surface area contributed by atoms with E-state index in [-0.39, 0.29) is 19.1 Å². The van der Waals surface area contributed by atoms with Gasteiger partial charge in [0.1, 0.15) is 11.9 Å². The van der Waals surface area contributed by atoms with E-state index in [0.29, 0.717) is 43.8 Å². The summed E-state index contributed by atoms with van der Waals surface area (Å²) in [5.74, 6) is -1.34. The number of amides is 2. The predicted molar refractivity (Wildman–Crippen MR) is 117 cm³/mol. The zero-order chi connectivity index (χ0) is 23.8. The summed E-state index contributed by atoms with van der Waals surface area (Å²) in [6.07, 6.45) is 0.320. The fourth-order valence-corrected chi connectivity index (χ4v) is 4.27. The van der Waals surface area contributed by atoms with E-state index in [1.165, 1.54) is 21.3 Å². The largest absolute Gasteiger partial charge is 0.496 e. The van der Waals surface area contributed by atoms with Crippen molar-refractivity contribution in [2.24, 2.45) is 5.92 Å². The second-order valence-electron chi connectivity index (χ2n) is 8.03. The van der Waals surface area contributed by atoms with Crippen LogP contribution in [0.2, 0.25) is 0 Å². The number of rotatable bonds is 9. The van der Waals surface area contributed by atoms with Crippen LogP contribution < -0.4 is 15.4 Å². The van der Waals surface area contributed by atoms with Gasteiger partial charge >= 0.3 is 5.97 Å². The van der Waals surface area contributed by atoms with Gasteiger partial charge in [0.15, 0.2) is 5.60 Å². The number of benzene rings is 1.